The molecule has 0 aromatic carbocycles. The number of aromatic nitrogens is 16. The van der Waals surface area contributed by atoms with Gasteiger partial charge in [0.15, 0.2) is 10.8 Å². The minimum absolute atomic E-state index is 0.146. The zero-order valence-corrected chi connectivity index (χ0v) is 74.9. The molecule has 16 rings (SSSR count). The van der Waals surface area contributed by atoms with Crippen LogP contribution in [0, 0.1) is 11.3 Å². The summed E-state index contributed by atoms with van der Waals surface area (Å²) >= 11 is 11.9. The molecule has 30 nitrogen and oxygen atoms in total. The minimum Gasteiger partial charge on any atom is -0.383 e. The number of nitrogens with zero attached hydrogens (tertiary/aromatic N) is 23. The first-order valence-electron chi connectivity index (χ1n) is 42.2. The van der Waals surface area contributed by atoms with E-state index in [2.05, 4.69) is 160 Å². The van der Waals surface area contributed by atoms with E-state index in [0.29, 0.717) is 46.3 Å². The van der Waals surface area contributed by atoms with Gasteiger partial charge in [-0.05, 0) is 211 Å². The highest BCUT2D eigenvalue weighted by Crippen LogP contribution is 2.39. The zero-order chi connectivity index (χ0) is 86.1. The Hall–Kier alpha value is -6.98. The van der Waals surface area contributed by atoms with Crippen molar-refractivity contribution >= 4 is 23.2 Å². The maximum Gasteiger partial charge on any atom is 0.434 e. The summed E-state index contributed by atoms with van der Waals surface area (Å²) in [5, 5.41) is 30.3. The highest BCUT2D eigenvalue weighted by Gasteiger charge is 2.42. The largest absolute Gasteiger partial charge is 0.434 e. The van der Waals surface area contributed by atoms with Crippen LogP contribution in [0.2, 0.25) is 10.3 Å². The summed E-state index contributed by atoms with van der Waals surface area (Å²) in [5.41, 5.74) is -2.59. The van der Waals surface area contributed by atoms with Gasteiger partial charge in [0.25, 0.3) is 0 Å². The SMILES string of the molecule is CN1CCC(O)(c2ncc[nH]2)CC1.CN1CCC(O)(c2nccn2C)CC1.CN1CCC(c2nc(C(F)(F)F)cn2C)CC1.CN1CCC(c2nc(Cl)c(Cl)n2C)CC1.CN1CCC(c2nccn2CC#N)CC1.COC1(c2ncc[nH]2)CCN(C)CC1.COC1(c2nccn2C)CCN(C)CC1.COCCn1ccnc1C1CCN(C)CC1. The molecule has 8 fully saturated rings. The molecule has 119 heavy (non-hydrogen) atoms. The second kappa shape index (κ2) is 45.4. The average Bonchev–Trinajstić information content (AvgIpc) is 1.57. The van der Waals surface area contributed by atoms with Crippen LogP contribution in [0.15, 0.2) is 80.6 Å². The number of imidazole rings is 8. The van der Waals surface area contributed by atoms with Crippen LogP contribution < -0.4 is 0 Å². The maximum absolute atomic E-state index is 12.5. The van der Waals surface area contributed by atoms with Crippen LogP contribution >= 0.6 is 23.2 Å². The predicted octanol–water partition coefficient (Wildman–Crippen LogP) is 9.96. The molecule has 0 bridgehead atoms. The Morgan fingerprint density at radius 1 is 0.445 bits per heavy atom. The molecular weight excluding hydrogens is 1570 g/mol. The van der Waals surface area contributed by atoms with Crippen molar-refractivity contribution in [3.8, 4) is 6.07 Å². The molecule has 0 amide bonds. The van der Waals surface area contributed by atoms with Gasteiger partial charge in [-0.1, -0.05) is 23.2 Å². The van der Waals surface area contributed by atoms with E-state index in [-0.39, 0.29) is 17.1 Å². The average molecular weight is 1700 g/mol. The number of nitrogens with one attached hydrogen (secondary N) is 2. The van der Waals surface area contributed by atoms with Crippen LogP contribution in [0.4, 0.5) is 13.2 Å². The van der Waals surface area contributed by atoms with Crippen molar-refractivity contribution in [2.75, 3.05) is 189 Å². The van der Waals surface area contributed by atoms with Crippen LogP contribution in [0.3, 0.4) is 0 Å². The number of aryl methyl sites for hydroxylation is 3. The lowest BCUT2D eigenvalue weighted by atomic mass is 9.90. The highest BCUT2D eigenvalue weighted by molar-refractivity contribution is 6.40. The van der Waals surface area contributed by atoms with Crippen molar-refractivity contribution in [2.24, 2.45) is 28.2 Å². The number of hydrogen-bond donors (Lipinski definition) is 4. The second-order valence-electron chi connectivity index (χ2n) is 33.8. The molecule has 16 heterocycles. The molecule has 8 aromatic heterocycles. The summed E-state index contributed by atoms with van der Waals surface area (Å²) in [6.45, 7) is 18.8. The maximum atomic E-state index is 12.5. The van der Waals surface area contributed by atoms with Crippen LogP contribution in [-0.2, 0) is 84.1 Å². The van der Waals surface area contributed by atoms with E-state index >= 15 is 0 Å². The van der Waals surface area contributed by atoms with Gasteiger partial charge < -0.3 is 101 Å². The lowest BCUT2D eigenvalue weighted by molar-refractivity contribution is -0.141. The molecule has 8 aliphatic rings. The number of H-pyrrole nitrogens is 2. The zero-order valence-electron chi connectivity index (χ0n) is 73.4. The third kappa shape index (κ3) is 26.8. The number of halogens is 5. The lowest BCUT2D eigenvalue weighted by Crippen LogP contribution is -2.43. The van der Waals surface area contributed by atoms with E-state index in [4.69, 9.17) is 42.7 Å². The number of nitriles is 1. The summed E-state index contributed by atoms with van der Waals surface area (Å²) in [4.78, 5) is 58.5. The summed E-state index contributed by atoms with van der Waals surface area (Å²) in [5.74, 6) is 9.24. The number of methoxy groups -OCH3 is 3. The number of alkyl halides is 3. The third-order valence-electron chi connectivity index (χ3n) is 25.2. The van der Waals surface area contributed by atoms with Crippen molar-refractivity contribution in [3.63, 3.8) is 0 Å². The van der Waals surface area contributed by atoms with Gasteiger partial charge in [-0.2, -0.15) is 18.4 Å². The predicted molar refractivity (Wildman–Crippen MR) is 457 cm³/mol. The Morgan fingerprint density at radius 3 is 1.20 bits per heavy atom. The van der Waals surface area contributed by atoms with Crippen molar-refractivity contribution in [3.05, 3.63) is 143 Å². The fourth-order valence-corrected chi connectivity index (χ4v) is 17.3. The van der Waals surface area contributed by atoms with Crippen molar-refractivity contribution < 1.29 is 37.6 Å². The smallest absolute Gasteiger partial charge is 0.383 e. The first-order valence-corrected chi connectivity index (χ1v) is 43.0. The first kappa shape index (κ1) is 95.8. The van der Waals surface area contributed by atoms with E-state index in [1.807, 2.05) is 79.1 Å². The molecule has 0 aliphatic carbocycles. The molecule has 8 saturated heterocycles. The van der Waals surface area contributed by atoms with E-state index in [1.165, 1.54) is 36.3 Å². The summed E-state index contributed by atoms with van der Waals surface area (Å²) in [7, 11) is 29.8. The number of ether oxygens (including phenoxy) is 3. The topological polar surface area (TPSA) is 282 Å². The van der Waals surface area contributed by atoms with Gasteiger partial charge in [0, 0.05) is 213 Å². The van der Waals surface area contributed by atoms with Crippen LogP contribution in [0.1, 0.15) is 179 Å². The molecule has 4 N–H and O–H groups in total. The number of piperidine rings is 8. The standard InChI is InChI=1S/C12H21N3O.C11H16F3N3.C11H16N4.C11H19N3O.C10H15Cl2N3.2C10H17N3O.C9H15N3O/c1-14-6-3-11(4-7-14)12-13-5-8-15(12)9-10-16-2;1-16-5-3-8(4-6-16)10-15-9(7-17(10)2)11(12,13)14;1-14-6-2-10(3-7-14)11-13-5-9-15(11)8-4-12;1-13-7-4-11(15-3,5-8-13)10-12-6-9-14(10)2;1-14-5-3-7(4-6-14)10-13-8(11)9(12)15(10)2;1-13-7-3-10(14-2,4-8-13)9-11-5-6-12-9;1-12-6-3-10(14,4-7-12)9-11-5-8-13(9)2;1-12-6-2-9(13,3-7-12)8-10-4-5-11-8/h5,8,11H,3-4,6-7,9-10H2,1-2H3;7-8H,3-6H2,1-2H3;5,9-10H,2-3,6-8H2,1H3;6,9H,4-5,7-8H2,1-3H3;7H,3-6H2,1-2H3;5-6H,3-4,7-8H2,1-2H3,(H,11,12);5,8,14H,3-4,6-7H2,1-2H3;4-5,13H,2-3,6-7H2,1H3,(H,10,11). The van der Waals surface area contributed by atoms with Gasteiger partial charge >= 0.3 is 6.18 Å². The molecule has 8 aliphatic heterocycles. The summed E-state index contributed by atoms with van der Waals surface area (Å²) in [6.07, 6.45) is 34.8. The molecule has 8 aromatic rings. The molecule has 0 atom stereocenters. The number of likely N-dealkylation sites (tertiary alicyclic amines) is 8. The van der Waals surface area contributed by atoms with E-state index in [1.54, 1.807) is 59.4 Å². The minimum atomic E-state index is -4.35. The van der Waals surface area contributed by atoms with Crippen molar-refractivity contribution in [1.29, 1.82) is 5.26 Å². The van der Waals surface area contributed by atoms with Crippen molar-refractivity contribution in [2.45, 2.75) is 168 Å². The van der Waals surface area contributed by atoms with Crippen molar-refractivity contribution in [1.82, 2.24) is 116 Å². The van der Waals surface area contributed by atoms with Crippen LogP contribution in [-0.4, -0.2) is 316 Å². The summed E-state index contributed by atoms with van der Waals surface area (Å²) < 4.78 is 65.7. The molecule has 0 spiro atoms. The Bertz CT molecular complexity index is 4200. The second-order valence-corrected chi connectivity index (χ2v) is 34.5. The Kier molecular flexibility index (Phi) is 36.6. The number of rotatable bonds is 14. The Balaban J connectivity index is 0.000000155. The molecular formula is C84H136Cl2F3N25O5. The molecule has 662 valence electrons. The lowest BCUT2D eigenvalue weighted by Gasteiger charge is -2.38. The quantitative estimate of drug-likeness (QED) is 0.0787. The normalized spacial score (nSPS) is 20.8. The van der Waals surface area contributed by atoms with Gasteiger partial charge in [-0.15, -0.1) is 0 Å². The van der Waals surface area contributed by atoms with Gasteiger partial charge in [0.1, 0.15) is 80.7 Å². The molecule has 0 radical (unpaired) electrons. The molecule has 0 unspecified atom stereocenters. The van der Waals surface area contributed by atoms with Gasteiger partial charge in [-0.25, -0.2) is 39.9 Å². The van der Waals surface area contributed by atoms with Gasteiger partial charge in [-0.3, -0.25) is 0 Å². The monoisotopic (exact) mass is 1700 g/mol. The molecule has 0 saturated carbocycles. The van der Waals surface area contributed by atoms with E-state index < -0.39 is 23.1 Å². The number of aliphatic hydroxyl groups is 2. The fourth-order valence-electron chi connectivity index (χ4n) is 16.9. The number of aromatic amines is 2. The first-order chi connectivity index (χ1) is 56.9. The van der Waals surface area contributed by atoms with E-state index in [0.717, 1.165) is 230 Å². The highest BCUT2D eigenvalue weighted by atomic mass is 35.5. The Labute approximate surface area is 713 Å². The van der Waals surface area contributed by atoms with Gasteiger partial charge in [0.2, 0.25) is 0 Å². The van der Waals surface area contributed by atoms with Gasteiger partial charge in [0.05, 0.1) is 12.7 Å². The van der Waals surface area contributed by atoms with E-state index in [9.17, 15) is 23.4 Å². The van der Waals surface area contributed by atoms with Crippen LogP contribution in [0.25, 0.3) is 0 Å². The molecule has 35 heteroatoms. The van der Waals surface area contributed by atoms with Crippen LogP contribution in [0.5, 0.6) is 0 Å². The number of hydrogen-bond acceptors (Lipinski definition) is 22. The Morgan fingerprint density at radius 2 is 0.824 bits per heavy atom. The fraction of sp³-hybridized carbons (Fsp3) is 0.702. The summed E-state index contributed by atoms with van der Waals surface area (Å²) in [6, 6.07) is 2.17. The third-order valence-corrected chi connectivity index (χ3v) is 26.0.